The Kier molecular flexibility index (Phi) is 4.85. The number of hydrogen-bond acceptors (Lipinski definition) is 3. The van der Waals surface area contributed by atoms with Crippen LogP contribution in [0.1, 0.15) is 22.8 Å². The summed E-state index contributed by atoms with van der Waals surface area (Å²) in [5.41, 5.74) is 2.17. The lowest BCUT2D eigenvalue weighted by Gasteiger charge is -2.24. The second-order valence-corrected chi connectivity index (χ2v) is 5.50. The highest BCUT2D eigenvalue weighted by molar-refractivity contribution is 9.10. The Morgan fingerprint density at radius 3 is 2.57 bits per heavy atom. The van der Waals surface area contributed by atoms with E-state index < -0.39 is 5.97 Å². The third-order valence-electron chi connectivity index (χ3n) is 3.24. The standard InChI is InChI=1S/C16H16BrNO3/c1-2-18(13-4-3-5-14(19)9-13)10-12-7-6-11(16(20)21)8-15(12)17/h3-9,19H,2,10H2,1H3,(H,20,21). The van der Waals surface area contributed by atoms with Gasteiger partial charge in [0.05, 0.1) is 5.56 Å². The summed E-state index contributed by atoms with van der Waals surface area (Å²) in [6.07, 6.45) is 0. The first-order chi connectivity index (χ1) is 10.0. The number of carboxylic acid groups (broad SMARTS) is 1. The molecule has 0 atom stereocenters. The number of nitrogens with zero attached hydrogens (tertiary/aromatic N) is 1. The van der Waals surface area contributed by atoms with E-state index in [4.69, 9.17) is 5.11 Å². The highest BCUT2D eigenvalue weighted by atomic mass is 79.9. The van der Waals surface area contributed by atoms with E-state index in [0.717, 1.165) is 22.3 Å². The fourth-order valence-electron chi connectivity index (χ4n) is 2.09. The molecule has 2 rings (SSSR count). The number of aromatic carboxylic acids is 1. The van der Waals surface area contributed by atoms with Crippen molar-refractivity contribution >= 4 is 27.6 Å². The van der Waals surface area contributed by atoms with E-state index >= 15 is 0 Å². The summed E-state index contributed by atoms with van der Waals surface area (Å²) >= 11 is 3.42. The predicted molar refractivity (Wildman–Crippen MR) is 85.9 cm³/mol. The van der Waals surface area contributed by atoms with Gasteiger partial charge < -0.3 is 15.1 Å². The molecule has 0 aliphatic carbocycles. The van der Waals surface area contributed by atoms with Crippen molar-refractivity contribution in [3.05, 3.63) is 58.1 Å². The molecule has 0 heterocycles. The minimum absolute atomic E-state index is 0.228. The van der Waals surface area contributed by atoms with Gasteiger partial charge in [0.25, 0.3) is 0 Å². The molecule has 0 amide bonds. The van der Waals surface area contributed by atoms with Gasteiger partial charge in [-0.2, -0.15) is 0 Å². The molecule has 2 N–H and O–H groups in total. The highest BCUT2D eigenvalue weighted by Gasteiger charge is 2.11. The van der Waals surface area contributed by atoms with Crippen molar-refractivity contribution in [1.82, 2.24) is 0 Å². The summed E-state index contributed by atoms with van der Waals surface area (Å²) in [6.45, 7) is 3.43. The molecule has 0 aliphatic rings. The molecule has 0 fully saturated rings. The number of rotatable bonds is 5. The number of aromatic hydroxyl groups is 1. The van der Waals surface area contributed by atoms with E-state index in [1.165, 1.54) is 0 Å². The van der Waals surface area contributed by atoms with E-state index in [1.807, 2.05) is 13.0 Å². The molecular formula is C16H16BrNO3. The maximum Gasteiger partial charge on any atom is 0.335 e. The molecule has 110 valence electrons. The normalized spacial score (nSPS) is 10.4. The van der Waals surface area contributed by atoms with Crippen molar-refractivity contribution in [2.75, 3.05) is 11.4 Å². The molecular weight excluding hydrogens is 334 g/mol. The minimum atomic E-state index is -0.942. The fraction of sp³-hybridized carbons (Fsp3) is 0.188. The number of halogens is 1. The van der Waals surface area contributed by atoms with E-state index in [1.54, 1.807) is 36.4 Å². The van der Waals surface area contributed by atoms with Crippen LogP contribution in [0.4, 0.5) is 5.69 Å². The maximum atomic E-state index is 10.9. The number of carboxylic acids is 1. The van der Waals surface area contributed by atoms with Crippen LogP contribution in [0.25, 0.3) is 0 Å². The lowest BCUT2D eigenvalue weighted by atomic mass is 10.1. The van der Waals surface area contributed by atoms with Crippen molar-refractivity contribution in [3.63, 3.8) is 0 Å². The SMILES string of the molecule is CCN(Cc1ccc(C(=O)O)cc1Br)c1cccc(O)c1. The third-order valence-corrected chi connectivity index (χ3v) is 3.98. The first-order valence-corrected chi connectivity index (χ1v) is 7.36. The van der Waals surface area contributed by atoms with Crippen molar-refractivity contribution in [1.29, 1.82) is 0 Å². The van der Waals surface area contributed by atoms with E-state index in [9.17, 15) is 9.90 Å². The summed E-state index contributed by atoms with van der Waals surface area (Å²) in [5, 5.41) is 18.6. The van der Waals surface area contributed by atoms with Gasteiger partial charge in [0, 0.05) is 29.3 Å². The first kappa shape index (κ1) is 15.4. The second kappa shape index (κ2) is 6.63. The molecule has 0 aliphatic heterocycles. The average Bonchev–Trinajstić information content (AvgIpc) is 2.45. The van der Waals surface area contributed by atoms with E-state index in [2.05, 4.69) is 20.8 Å². The van der Waals surface area contributed by atoms with Gasteiger partial charge in [0.15, 0.2) is 0 Å². The van der Waals surface area contributed by atoms with Gasteiger partial charge in [-0.25, -0.2) is 4.79 Å². The fourth-order valence-corrected chi connectivity index (χ4v) is 2.59. The molecule has 2 aromatic carbocycles. The quantitative estimate of drug-likeness (QED) is 0.859. The van der Waals surface area contributed by atoms with Crippen LogP contribution in [0.5, 0.6) is 5.75 Å². The zero-order chi connectivity index (χ0) is 15.4. The predicted octanol–water partition coefficient (Wildman–Crippen LogP) is 3.88. The molecule has 0 spiro atoms. The largest absolute Gasteiger partial charge is 0.508 e. The number of carbonyl (C=O) groups is 1. The summed E-state index contributed by atoms with van der Waals surface area (Å²) in [6, 6.07) is 12.1. The number of phenolic OH excluding ortho intramolecular Hbond substituents is 1. The van der Waals surface area contributed by atoms with Gasteiger partial charge in [-0.3, -0.25) is 0 Å². The summed E-state index contributed by atoms with van der Waals surface area (Å²) in [4.78, 5) is 13.0. The zero-order valence-corrected chi connectivity index (χ0v) is 13.2. The smallest absolute Gasteiger partial charge is 0.335 e. The number of hydrogen-bond donors (Lipinski definition) is 2. The zero-order valence-electron chi connectivity index (χ0n) is 11.6. The van der Waals surface area contributed by atoms with Gasteiger partial charge in [0.1, 0.15) is 5.75 Å². The van der Waals surface area contributed by atoms with Crippen LogP contribution < -0.4 is 4.90 Å². The Morgan fingerprint density at radius 2 is 2.00 bits per heavy atom. The Balaban J connectivity index is 2.25. The molecule has 0 bridgehead atoms. The Labute approximate surface area is 131 Å². The first-order valence-electron chi connectivity index (χ1n) is 6.57. The van der Waals surface area contributed by atoms with Crippen LogP contribution in [0.2, 0.25) is 0 Å². The monoisotopic (exact) mass is 349 g/mol. The lowest BCUT2D eigenvalue weighted by Crippen LogP contribution is -2.22. The van der Waals surface area contributed by atoms with Crippen LogP contribution in [-0.2, 0) is 6.54 Å². The van der Waals surface area contributed by atoms with Crippen LogP contribution in [0.15, 0.2) is 46.9 Å². The van der Waals surface area contributed by atoms with Gasteiger partial charge in [-0.1, -0.05) is 28.1 Å². The van der Waals surface area contributed by atoms with Gasteiger partial charge in [-0.15, -0.1) is 0 Å². The van der Waals surface area contributed by atoms with Crippen molar-refractivity contribution in [2.45, 2.75) is 13.5 Å². The highest BCUT2D eigenvalue weighted by Crippen LogP contribution is 2.25. The van der Waals surface area contributed by atoms with Gasteiger partial charge in [-0.05, 0) is 36.8 Å². The number of anilines is 1. The summed E-state index contributed by atoms with van der Waals surface area (Å²) in [5.74, 6) is -0.714. The Bertz CT molecular complexity index is 658. The topological polar surface area (TPSA) is 60.8 Å². The third kappa shape index (κ3) is 3.76. The molecule has 2 aromatic rings. The Morgan fingerprint density at radius 1 is 1.24 bits per heavy atom. The van der Waals surface area contributed by atoms with Crippen LogP contribution in [0.3, 0.4) is 0 Å². The van der Waals surface area contributed by atoms with Crippen molar-refractivity contribution < 1.29 is 15.0 Å². The summed E-state index contributed by atoms with van der Waals surface area (Å²) < 4.78 is 0.765. The van der Waals surface area contributed by atoms with Crippen LogP contribution >= 0.6 is 15.9 Å². The molecule has 0 saturated carbocycles. The maximum absolute atomic E-state index is 10.9. The molecule has 21 heavy (non-hydrogen) atoms. The summed E-state index contributed by atoms with van der Waals surface area (Å²) in [7, 11) is 0. The van der Waals surface area contributed by atoms with Crippen LogP contribution in [0, 0.1) is 0 Å². The molecule has 5 heteroatoms. The van der Waals surface area contributed by atoms with Crippen molar-refractivity contribution in [2.24, 2.45) is 0 Å². The molecule has 0 aromatic heterocycles. The molecule has 0 saturated heterocycles. The number of benzene rings is 2. The molecule has 4 nitrogen and oxygen atoms in total. The minimum Gasteiger partial charge on any atom is -0.508 e. The molecule has 0 radical (unpaired) electrons. The van der Waals surface area contributed by atoms with Gasteiger partial charge >= 0.3 is 5.97 Å². The van der Waals surface area contributed by atoms with Gasteiger partial charge in [0.2, 0.25) is 0 Å². The lowest BCUT2D eigenvalue weighted by molar-refractivity contribution is 0.0697. The second-order valence-electron chi connectivity index (χ2n) is 4.65. The van der Waals surface area contributed by atoms with Crippen molar-refractivity contribution in [3.8, 4) is 5.75 Å². The average molecular weight is 350 g/mol. The number of phenols is 1. The van der Waals surface area contributed by atoms with E-state index in [-0.39, 0.29) is 11.3 Å². The van der Waals surface area contributed by atoms with E-state index in [0.29, 0.717) is 6.54 Å². The molecule has 0 unspecified atom stereocenters. The Hall–Kier alpha value is -2.01. The van der Waals surface area contributed by atoms with Crippen LogP contribution in [-0.4, -0.2) is 22.7 Å².